The molecule has 0 aliphatic carbocycles. The van der Waals surface area contributed by atoms with Gasteiger partial charge >= 0.3 is 0 Å². The molecule has 2 heterocycles. The predicted molar refractivity (Wildman–Crippen MR) is 114 cm³/mol. The fourth-order valence-corrected chi connectivity index (χ4v) is 2.96. The number of pyridine rings is 1. The van der Waals surface area contributed by atoms with E-state index < -0.39 is 6.04 Å². The molecule has 2 aromatic heterocycles. The Morgan fingerprint density at radius 3 is 2.50 bits per heavy atom. The second-order valence-corrected chi connectivity index (χ2v) is 7.47. The van der Waals surface area contributed by atoms with Crippen LogP contribution in [0.15, 0.2) is 53.3 Å². The molecule has 0 aliphatic heterocycles. The minimum Gasteiger partial charge on any atom is -0.494 e. The third kappa shape index (κ3) is 5.65. The number of benzene rings is 1. The Bertz CT molecular complexity index is 923. The van der Waals surface area contributed by atoms with Gasteiger partial charge in [-0.3, -0.25) is 9.78 Å². The van der Waals surface area contributed by atoms with Crippen molar-refractivity contribution >= 4 is 5.91 Å². The van der Waals surface area contributed by atoms with Crippen LogP contribution in [0, 0.1) is 5.92 Å². The Hall–Kier alpha value is -3.22. The van der Waals surface area contributed by atoms with Crippen molar-refractivity contribution in [2.45, 2.75) is 46.1 Å². The fourth-order valence-electron chi connectivity index (χ4n) is 2.96. The number of unbranched alkanes of at least 4 members (excludes halogenated alkanes) is 2. The van der Waals surface area contributed by atoms with Crippen LogP contribution in [0.25, 0.3) is 11.4 Å². The number of carbonyl (C=O) groups excluding carboxylic acids is 1. The molecule has 0 aliphatic rings. The number of aromatic nitrogens is 3. The van der Waals surface area contributed by atoms with Crippen molar-refractivity contribution in [3.05, 3.63) is 60.2 Å². The number of amides is 1. The first-order valence-electron chi connectivity index (χ1n) is 10.4. The summed E-state index contributed by atoms with van der Waals surface area (Å²) in [4.78, 5) is 21.2. The third-order valence-corrected chi connectivity index (χ3v) is 4.73. The molecule has 30 heavy (non-hydrogen) atoms. The summed E-state index contributed by atoms with van der Waals surface area (Å²) in [5, 5.41) is 7.05. The van der Waals surface area contributed by atoms with E-state index in [0.29, 0.717) is 23.9 Å². The zero-order chi connectivity index (χ0) is 21.3. The molecule has 3 aromatic rings. The van der Waals surface area contributed by atoms with Crippen molar-refractivity contribution in [1.82, 2.24) is 20.4 Å². The van der Waals surface area contributed by atoms with E-state index in [1.807, 2.05) is 38.1 Å². The van der Waals surface area contributed by atoms with Gasteiger partial charge in [-0.2, -0.15) is 4.98 Å². The fraction of sp³-hybridized carbons (Fsp3) is 0.391. The summed E-state index contributed by atoms with van der Waals surface area (Å²) in [6, 6.07) is 10.4. The predicted octanol–water partition coefficient (Wildman–Crippen LogP) is 4.83. The summed E-state index contributed by atoms with van der Waals surface area (Å²) in [5.74, 6) is 1.48. The number of nitrogens with zero attached hydrogens (tertiary/aromatic N) is 3. The van der Waals surface area contributed by atoms with Crippen LogP contribution >= 0.6 is 0 Å². The molecule has 1 aromatic carbocycles. The first kappa shape index (κ1) is 21.5. The number of hydrogen-bond acceptors (Lipinski definition) is 6. The van der Waals surface area contributed by atoms with Crippen LogP contribution in [0.4, 0.5) is 0 Å². The molecular weight excluding hydrogens is 380 g/mol. The zero-order valence-corrected chi connectivity index (χ0v) is 17.7. The van der Waals surface area contributed by atoms with Crippen molar-refractivity contribution in [3.8, 4) is 17.1 Å². The van der Waals surface area contributed by atoms with E-state index in [0.717, 1.165) is 30.6 Å². The summed E-state index contributed by atoms with van der Waals surface area (Å²) < 4.78 is 11.2. The molecule has 0 saturated heterocycles. The molecule has 1 unspecified atom stereocenters. The molecule has 0 bridgehead atoms. The highest BCUT2D eigenvalue weighted by Gasteiger charge is 2.25. The van der Waals surface area contributed by atoms with E-state index in [1.54, 1.807) is 24.5 Å². The summed E-state index contributed by atoms with van der Waals surface area (Å²) in [7, 11) is 0. The molecule has 3 rings (SSSR count). The molecule has 0 radical (unpaired) electrons. The highest BCUT2D eigenvalue weighted by molar-refractivity contribution is 5.94. The molecule has 0 saturated carbocycles. The van der Waals surface area contributed by atoms with Gasteiger partial charge in [0.25, 0.3) is 5.91 Å². The lowest BCUT2D eigenvalue weighted by Gasteiger charge is -2.18. The molecule has 1 N–H and O–H groups in total. The second kappa shape index (κ2) is 10.5. The topological polar surface area (TPSA) is 90.1 Å². The third-order valence-electron chi connectivity index (χ3n) is 4.73. The minimum absolute atomic E-state index is 0.0702. The first-order valence-corrected chi connectivity index (χ1v) is 10.4. The van der Waals surface area contributed by atoms with Gasteiger partial charge in [0.15, 0.2) is 0 Å². The normalized spacial score (nSPS) is 12.0. The van der Waals surface area contributed by atoms with Crippen molar-refractivity contribution in [2.24, 2.45) is 5.92 Å². The largest absolute Gasteiger partial charge is 0.494 e. The number of ether oxygens (including phenoxy) is 1. The summed E-state index contributed by atoms with van der Waals surface area (Å²) in [5.41, 5.74) is 1.36. The second-order valence-electron chi connectivity index (χ2n) is 7.47. The van der Waals surface area contributed by atoms with Crippen LogP contribution in [0.2, 0.25) is 0 Å². The van der Waals surface area contributed by atoms with Gasteiger partial charge in [0.05, 0.1) is 6.61 Å². The maximum Gasteiger partial charge on any atom is 0.251 e. The lowest BCUT2D eigenvalue weighted by Crippen LogP contribution is -2.32. The molecule has 1 amide bonds. The Morgan fingerprint density at radius 2 is 1.83 bits per heavy atom. The maximum atomic E-state index is 12.8. The lowest BCUT2D eigenvalue weighted by atomic mass is 10.0. The van der Waals surface area contributed by atoms with Crippen molar-refractivity contribution in [3.63, 3.8) is 0 Å². The molecule has 1 atom stereocenters. The van der Waals surface area contributed by atoms with Gasteiger partial charge in [-0.05, 0) is 48.7 Å². The van der Waals surface area contributed by atoms with Crippen molar-refractivity contribution in [1.29, 1.82) is 0 Å². The maximum absolute atomic E-state index is 12.8. The van der Waals surface area contributed by atoms with Gasteiger partial charge < -0.3 is 14.6 Å². The first-order chi connectivity index (χ1) is 14.6. The van der Waals surface area contributed by atoms with Crippen LogP contribution in [0.1, 0.15) is 62.3 Å². The number of nitrogens with one attached hydrogen (secondary N) is 1. The van der Waals surface area contributed by atoms with Crippen LogP contribution in [-0.4, -0.2) is 27.6 Å². The Balaban J connectivity index is 1.65. The Labute approximate surface area is 176 Å². The van der Waals surface area contributed by atoms with Gasteiger partial charge in [0.2, 0.25) is 11.7 Å². The average Bonchev–Trinajstić information content (AvgIpc) is 3.25. The van der Waals surface area contributed by atoms with E-state index in [-0.39, 0.29) is 11.8 Å². The Morgan fingerprint density at radius 1 is 1.10 bits per heavy atom. The smallest absolute Gasteiger partial charge is 0.251 e. The molecular formula is C23H28N4O3. The van der Waals surface area contributed by atoms with E-state index in [4.69, 9.17) is 9.26 Å². The van der Waals surface area contributed by atoms with Gasteiger partial charge in [-0.15, -0.1) is 0 Å². The minimum atomic E-state index is -0.398. The molecule has 158 valence electrons. The highest BCUT2D eigenvalue weighted by Crippen LogP contribution is 2.24. The van der Waals surface area contributed by atoms with Gasteiger partial charge in [0.1, 0.15) is 11.8 Å². The van der Waals surface area contributed by atoms with Gasteiger partial charge in [0, 0.05) is 23.5 Å². The summed E-state index contributed by atoms with van der Waals surface area (Å²) in [6.45, 7) is 6.83. The van der Waals surface area contributed by atoms with E-state index in [1.165, 1.54) is 0 Å². The van der Waals surface area contributed by atoms with Crippen molar-refractivity contribution in [2.75, 3.05) is 6.61 Å². The van der Waals surface area contributed by atoms with Gasteiger partial charge in [-0.25, -0.2) is 0 Å². The van der Waals surface area contributed by atoms with Crippen LogP contribution in [0.3, 0.4) is 0 Å². The van der Waals surface area contributed by atoms with E-state index in [9.17, 15) is 4.79 Å². The summed E-state index contributed by atoms with van der Waals surface area (Å²) in [6.07, 6.45) is 6.67. The lowest BCUT2D eigenvalue weighted by molar-refractivity contribution is 0.0914. The van der Waals surface area contributed by atoms with Crippen molar-refractivity contribution < 1.29 is 14.1 Å². The van der Waals surface area contributed by atoms with Crippen LogP contribution < -0.4 is 10.1 Å². The standard InChI is InChI=1S/C23H28N4O3/c1-4-5-6-15-29-19-9-7-18(8-10-19)22(28)25-20(16(2)3)23-26-21(27-30-23)17-11-13-24-14-12-17/h7-14,16,20H,4-6,15H2,1-3H3,(H,25,28). The average molecular weight is 409 g/mol. The molecule has 7 heteroatoms. The monoisotopic (exact) mass is 408 g/mol. The quantitative estimate of drug-likeness (QED) is 0.483. The summed E-state index contributed by atoms with van der Waals surface area (Å²) >= 11 is 0. The van der Waals surface area contributed by atoms with E-state index in [2.05, 4.69) is 27.4 Å². The van der Waals surface area contributed by atoms with E-state index >= 15 is 0 Å². The molecule has 0 fully saturated rings. The van der Waals surface area contributed by atoms with Gasteiger partial charge in [-0.1, -0.05) is 38.8 Å². The number of hydrogen-bond donors (Lipinski definition) is 1. The molecule has 0 spiro atoms. The molecule has 7 nitrogen and oxygen atoms in total. The highest BCUT2D eigenvalue weighted by atomic mass is 16.5. The van der Waals surface area contributed by atoms with Crippen LogP contribution in [0.5, 0.6) is 5.75 Å². The number of carbonyl (C=O) groups is 1. The zero-order valence-electron chi connectivity index (χ0n) is 17.7. The van der Waals surface area contributed by atoms with Crippen LogP contribution in [-0.2, 0) is 0 Å². The SMILES string of the molecule is CCCCCOc1ccc(C(=O)NC(c2nc(-c3ccncc3)no2)C(C)C)cc1. The Kier molecular flexibility index (Phi) is 7.54. The number of rotatable bonds is 10.